The van der Waals surface area contributed by atoms with Crippen molar-refractivity contribution in [3.63, 3.8) is 0 Å². The maximum absolute atomic E-state index is 12.6. The second kappa shape index (κ2) is 8.19. The Morgan fingerprint density at radius 1 is 1.27 bits per heavy atom. The van der Waals surface area contributed by atoms with E-state index in [1.165, 1.54) is 0 Å². The summed E-state index contributed by atoms with van der Waals surface area (Å²) in [4.78, 5) is 17.1. The average molecular weight is 382 g/mol. The van der Waals surface area contributed by atoms with E-state index in [1.54, 1.807) is 11.3 Å². The van der Waals surface area contributed by atoms with Gasteiger partial charge in [0.05, 0.1) is 6.54 Å². The third kappa shape index (κ3) is 4.72. The van der Waals surface area contributed by atoms with Crippen molar-refractivity contribution in [2.75, 3.05) is 32.8 Å². The van der Waals surface area contributed by atoms with Crippen LogP contribution >= 0.6 is 11.3 Å². The molecule has 2 amide bonds. The highest BCUT2D eigenvalue weighted by atomic mass is 32.1. The number of amides is 2. The molecule has 0 radical (unpaired) electrons. The Balaban J connectivity index is 1.48. The lowest BCUT2D eigenvalue weighted by Gasteiger charge is -2.44. The average Bonchev–Trinajstić information content (AvgIpc) is 3.10. The Morgan fingerprint density at radius 3 is 2.62 bits per heavy atom. The van der Waals surface area contributed by atoms with Gasteiger partial charge in [-0.2, -0.15) is 0 Å². The van der Waals surface area contributed by atoms with E-state index >= 15 is 0 Å². The molecule has 2 saturated heterocycles. The molecule has 2 aliphatic heterocycles. The summed E-state index contributed by atoms with van der Waals surface area (Å²) in [6.45, 7) is 13.3. The van der Waals surface area contributed by atoms with E-state index in [2.05, 4.69) is 48.1 Å². The fourth-order valence-corrected chi connectivity index (χ4v) is 4.39. The second-order valence-corrected chi connectivity index (χ2v) is 9.35. The molecule has 7 nitrogen and oxygen atoms in total. The molecule has 26 heavy (non-hydrogen) atoms. The van der Waals surface area contributed by atoms with Gasteiger partial charge in [-0.05, 0) is 19.8 Å². The van der Waals surface area contributed by atoms with Crippen molar-refractivity contribution in [2.24, 2.45) is 0 Å². The Kier molecular flexibility index (Phi) is 6.14. The molecule has 0 saturated carbocycles. The fourth-order valence-electron chi connectivity index (χ4n) is 3.55. The van der Waals surface area contributed by atoms with Crippen LogP contribution in [0.25, 0.3) is 0 Å². The van der Waals surface area contributed by atoms with Crippen molar-refractivity contribution in [3.8, 4) is 0 Å². The number of aromatic nitrogens is 2. The first kappa shape index (κ1) is 19.5. The first-order valence-electron chi connectivity index (χ1n) is 9.53. The zero-order valence-corrected chi connectivity index (χ0v) is 17.1. The maximum atomic E-state index is 12.6. The minimum Gasteiger partial charge on any atom is -0.381 e. The van der Waals surface area contributed by atoms with Gasteiger partial charge in [0, 0.05) is 50.3 Å². The summed E-state index contributed by atoms with van der Waals surface area (Å²) in [7, 11) is 0. The van der Waals surface area contributed by atoms with Gasteiger partial charge in [-0.3, -0.25) is 4.90 Å². The van der Waals surface area contributed by atoms with Crippen LogP contribution in [-0.4, -0.2) is 71.0 Å². The van der Waals surface area contributed by atoms with Crippen LogP contribution in [0.15, 0.2) is 0 Å². The summed E-state index contributed by atoms with van der Waals surface area (Å²) < 4.78 is 5.46. The van der Waals surface area contributed by atoms with E-state index in [4.69, 9.17) is 4.74 Å². The number of piperazine rings is 1. The van der Waals surface area contributed by atoms with Gasteiger partial charge in [-0.1, -0.05) is 32.1 Å². The Bertz CT molecular complexity index is 609. The summed E-state index contributed by atoms with van der Waals surface area (Å²) in [5, 5.41) is 13.3. The van der Waals surface area contributed by atoms with E-state index in [0.717, 1.165) is 55.7 Å². The highest BCUT2D eigenvalue weighted by molar-refractivity contribution is 7.11. The third-order valence-corrected chi connectivity index (χ3v) is 6.48. The molecule has 0 unspecified atom stereocenters. The first-order valence-corrected chi connectivity index (χ1v) is 10.4. The Labute approximate surface area is 160 Å². The standard InChI is InChI=1S/C18H31N5O2S/c1-13-12-22(14-5-9-25-10-6-14)7-8-23(13)17(24)19-11-15-20-21-16(26-15)18(2,3)4/h13-14H,5-12H2,1-4H3,(H,19,24)/t13-/m0/s1. The van der Waals surface area contributed by atoms with Crippen LogP contribution in [-0.2, 0) is 16.7 Å². The summed E-state index contributed by atoms with van der Waals surface area (Å²) >= 11 is 1.57. The first-order chi connectivity index (χ1) is 12.3. The monoisotopic (exact) mass is 381 g/mol. The van der Waals surface area contributed by atoms with Crippen LogP contribution in [0.2, 0.25) is 0 Å². The number of carbonyl (C=O) groups excluding carboxylic acids is 1. The molecule has 1 aromatic rings. The number of hydrogen-bond donors (Lipinski definition) is 1. The van der Waals surface area contributed by atoms with Crippen LogP contribution in [0.1, 0.15) is 50.6 Å². The molecule has 8 heteroatoms. The Hall–Kier alpha value is -1.25. The van der Waals surface area contributed by atoms with Crippen LogP contribution in [0.4, 0.5) is 4.79 Å². The van der Waals surface area contributed by atoms with E-state index in [-0.39, 0.29) is 17.5 Å². The lowest BCUT2D eigenvalue weighted by molar-refractivity contribution is 0.00699. The van der Waals surface area contributed by atoms with E-state index < -0.39 is 0 Å². The maximum Gasteiger partial charge on any atom is 0.318 e. The lowest BCUT2D eigenvalue weighted by Crippen LogP contribution is -2.58. The van der Waals surface area contributed by atoms with Crippen molar-refractivity contribution in [2.45, 2.75) is 64.6 Å². The van der Waals surface area contributed by atoms with Crippen LogP contribution < -0.4 is 5.32 Å². The second-order valence-electron chi connectivity index (χ2n) is 8.29. The predicted molar refractivity (Wildman–Crippen MR) is 102 cm³/mol. The number of rotatable bonds is 3. The van der Waals surface area contributed by atoms with E-state index in [9.17, 15) is 4.79 Å². The quantitative estimate of drug-likeness (QED) is 0.869. The molecule has 1 aromatic heterocycles. The van der Waals surface area contributed by atoms with Crippen molar-refractivity contribution in [1.29, 1.82) is 0 Å². The molecular formula is C18H31N5O2S. The zero-order valence-electron chi connectivity index (χ0n) is 16.3. The van der Waals surface area contributed by atoms with Crippen LogP contribution in [0.5, 0.6) is 0 Å². The normalized spacial score (nSPS) is 23.2. The van der Waals surface area contributed by atoms with Crippen molar-refractivity contribution >= 4 is 17.4 Å². The summed E-state index contributed by atoms with van der Waals surface area (Å²) in [5.41, 5.74) is -0.00503. The molecule has 0 bridgehead atoms. The minimum absolute atomic E-state index is 0.00311. The molecule has 0 aromatic carbocycles. The van der Waals surface area contributed by atoms with Gasteiger partial charge in [0.15, 0.2) is 0 Å². The number of hydrogen-bond acceptors (Lipinski definition) is 6. The molecule has 1 N–H and O–H groups in total. The molecular weight excluding hydrogens is 350 g/mol. The van der Waals surface area contributed by atoms with Crippen molar-refractivity contribution in [3.05, 3.63) is 10.0 Å². The number of nitrogens with one attached hydrogen (secondary N) is 1. The van der Waals surface area contributed by atoms with Gasteiger partial charge in [0.2, 0.25) is 0 Å². The van der Waals surface area contributed by atoms with Gasteiger partial charge in [0.1, 0.15) is 10.0 Å². The predicted octanol–water partition coefficient (Wildman–Crippen LogP) is 2.23. The minimum atomic E-state index is -0.00503. The van der Waals surface area contributed by atoms with Gasteiger partial charge in [0.25, 0.3) is 0 Å². The van der Waals surface area contributed by atoms with E-state index in [0.29, 0.717) is 12.6 Å². The van der Waals surface area contributed by atoms with Gasteiger partial charge < -0.3 is 15.0 Å². The molecule has 1 atom stereocenters. The lowest BCUT2D eigenvalue weighted by atomic mass is 9.98. The smallest absolute Gasteiger partial charge is 0.318 e. The summed E-state index contributed by atoms with van der Waals surface area (Å²) in [6.07, 6.45) is 2.21. The number of carbonyl (C=O) groups is 1. The highest BCUT2D eigenvalue weighted by Gasteiger charge is 2.31. The number of urea groups is 1. The molecule has 0 spiro atoms. The van der Waals surface area contributed by atoms with Gasteiger partial charge >= 0.3 is 6.03 Å². The molecule has 0 aliphatic carbocycles. The zero-order chi connectivity index (χ0) is 18.7. The number of nitrogens with zero attached hydrogens (tertiary/aromatic N) is 4. The van der Waals surface area contributed by atoms with Gasteiger partial charge in [-0.25, -0.2) is 4.79 Å². The van der Waals surface area contributed by atoms with Crippen molar-refractivity contribution in [1.82, 2.24) is 25.3 Å². The third-order valence-electron chi connectivity index (χ3n) is 5.13. The SMILES string of the molecule is C[C@H]1CN(C2CCOCC2)CCN1C(=O)NCc1nnc(C(C)(C)C)s1. The highest BCUT2D eigenvalue weighted by Crippen LogP contribution is 2.25. The molecule has 3 heterocycles. The van der Waals surface area contributed by atoms with E-state index in [1.807, 2.05) is 4.90 Å². The van der Waals surface area contributed by atoms with Gasteiger partial charge in [-0.15, -0.1) is 10.2 Å². The Morgan fingerprint density at radius 2 is 2.00 bits per heavy atom. The topological polar surface area (TPSA) is 70.6 Å². The summed E-state index contributed by atoms with van der Waals surface area (Å²) in [6, 6.07) is 0.816. The van der Waals surface area contributed by atoms with Crippen molar-refractivity contribution < 1.29 is 9.53 Å². The summed E-state index contributed by atoms with van der Waals surface area (Å²) in [5.74, 6) is 0. The molecule has 2 aliphatic rings. The fraction of sp³-hybridized carbons (Fsp3) is 0.833. The van der Waals surface area contributed by atoms with Crippen LogP contribution in [0.3, 0.4) is 0 Å². The molecule has 3 rings (SSSR count). The largest absolute Gasteiger partial charge is 0.381 e. The molecule has 146 valence electrons. The molecule has 2 fully saturated rings. The van der Waals surface area contributed by atoms with Crippen LogP contribution in [0, 0.1) is 0 Å². The number of ether oxygens (including phenoxy) is 1.